The van der Waals surface area contributed by atoms with Crippen molar-refractivity contribution >= 4 is 35.0 Å². The van der Waals surface area contributed by atoms with E-state index in [1.54, 1.807) is 48.5 Å². The van der Waals surface area contributed by atoms with Gasteiger partial charge in [-0.3, -0.25) is 9.59 Å². The molecule has 0 spiro atoms. The summed E-state index contributed by atoms with van der Waals surface area (Å²) in [6.45, 7) is 1.47. The van der Waals surface area contributed by atoms with Crippen LogP contribution < -0.4 is 4.74 Å². The number of hydrogen-bond acceptors (Lipinski definition) is 3. The molecule has 0 aliphatic heterocycles. The molecule has 1 aliphatic rings. The van der Waals surface area contributed by atoms with Crippen molar-refractivity contribution in [3.63, 3.8) is 0 Å². The molecular formula is C18H14Cl2O4. The molecule has 0 aromatic heterocycles. The molecule has 1 N–H and O–H groups in total. The minimum atomic E-state index is -1.30. The average Bonchev–Trinajstić information content (AvgIpc) is 3.12. The predicted octanol–water partition coefficient (Wildman–Crippen LogP) is 4.58. The van der Waals surface area contributed by atoms with E-state index in [2.05, 4.69) is 0 Å². The Kier molecular flexibility index (Phi) is 4.06. The summed E-state index contributed by atoms with van der Waals surface area (Å²) in [4.78, 5) is 23.2. The number of alkyl halides is 2. The van der Waals surface area contributed by atoms with E-state index in [4.69, 9.17) is 27.9 Å². The summed E-state index contributed by atoms with van der Waals surface area (Å²) >= 11 is 12.1. The normalized spacial score (nSPS) is 21.1. The molecule has 2 aromatic carbocycles. The first kappa shape index (κ1) is 16.8. The van der Waals surface area contributed by atoms with E-state index < -0.39 is 15.7 Å². The lowest BCUT2D eigenvalue weighted by Gasteiger charge is -2.15. The van der Waals surface area contributed by atoms with Gasteiger partial charge in [-0.15, -0.1) is 0 Å². The van der Waals surface area contributed by atoms with Crippen molar-refractivity contribution in [3.8, 4) is 11.5 Å². The molecule has 0 saturated heterocycles. The van der Waals surface area contributed by atoms with Crippen molar-refractivity contribution in [3.05, 3.63) is 59.7 Å². The zero-order valence-electron chi connectivity index (χ0n) is 12.8. The highest BCUT2D eigenvalue weighted by Gasteiger charge is 2.72. The number of carbonyl (C=O) groups is 2. The van der Waals surface area contributed by atoms with Gasteiger partial charge in [-0.1, -0.05) is 47.5 Å². The van der Waals surface area contributed by atoms with Crippen molar-refractivity contribution in [1.82, 2.24) is 0 Å². The third kappa shape index (κ3) is 2.66. The van der Waals surface area contributed by atoms with E-state index in [-0.39, 0.29) is 12.2 Å². The van der Waals surface area contributed by atoms with Crippen molar-refractivity contribution in [1.29, 1.82) is 0 Å². The van der Waals surface area contributed by atoms with E-state index in [0.717, 1.165) is 0 Å². The van der Waals surface area contributed by atoms with Crippen LogP contribution in [0.3, 0.4) is 0 Å². The second-order valence-corrected chi connectivity index (χ2v) is 7.25. The van der Waals surface area contributed by atoms with E-state index in [9.17, 15) is 14.7 Å². The Morgan fingerprint density at radius 1 is 1.08 bits per heavy atom. The highest BCUT2D eigenvalue weighted by Crippen LogP contribution is 2.65. The summed E-state index contributed by atoms with van der Waals surface area (Å²) in [5.41, 5.74) is -0.287. The predicted molar refractivity (Wildman–Crippen MR) is 91.3 cm³/mol. The summed E-state index contributed by atoms with van der Waals surface area (Å²) in [6.07, 6.45) is 0.159. The molecule has 1 unspecified atom stereocenters. The van der Waals surface area contributed by atoms with Crippen molar-refractivity contribution < 1.29 is 19.4 Å². The molecule has 3 rings (SSSR count). The van der Waals surface area contributed by atoms with Crippen LogP contribution in [0, 0.1) is 0 Å². The van der Waals surface area contributed by atoms with Gasteiger partial charge in [0, 0.05) is 6.42 Å². The maximum atomic E-state index is 11.6. The lowest BCUT2D eigenvalue weighted by atomic mass is 9.96. The van der Waals surface area contributed by atoms with Crippen LogP contribution in [0.1, 0.15) is 29.3 Å². The van der Waals surface area contributed by atoms with Crippen LogP contribution in [-0.2, 0) is 10.2 Å². The minimum Gasteiger partial charge on any atom is -0.480 e. The Balaban J connectivity index is 1.87. The first-order valence-corrected chi connectivity index (χ1v) is 8.03. The summed E-state index contributed by atoms with van der Waals surface area (Å²) in [5.74, 6) is -0.216. The first-order valence-electron chi connectivity index (χ1n) is 7.27. The molecule has 0 bridgehead atoms. The molecular weight excluding hydrogens is 351 g/mol. The number of ketones is 1. The number of carboxylic acids is 1. The molecule has 1 fully saturated rings. The number of para-hydroxylation sites is 1. The van der Waals surface area contributed by atoms with Crippen molar-refractivity contribution in [2.45, 2.75) is 23.1 Å². The molecule has 0 heterocycles. The monoisotopic (exact) mass is 364 g/mol. The fraction of sp³-hybridized carbons (Fsp3) is 0.222. The number of rotatable bonds is 5. The third-order valence-electron chi connectivity index (χ3n) is 4.19. The van der Waals surface area contributed by atoms with E-state index in [0.29, 0.717) is 22.6 Å². The number of benzene rings is 2. The molecule has 4 nitrogen and oxygen atoms in total. The molecule has 6 heteroatoms. The fourth-order valence-corrected chi connectivity index (χ4v) is 3.52. The maximum absolute atomic E-state index is 11.6. The number of ether oxygens (including phenoxy) is 1. The lowest BCUT2D eigenvalue weighted by molar-refractivity contribution is -0.140. The van der Waals surface area contributed by atoms with Crippen LogP contribution >= 0.6 is 23.2 Å². The summed E-state index contributed by atoms with van der Waals surface area (Å²) in [5, 5.41) is 9.46. The van der Waals surface area contributed by atoms with Gasteiger partial charge in [0.15, 0.2) is 5.78 Å². The number of halogens is 2. The molecule has 24 heavy (non-hydrogen) atoms. The second-order valence-electron chi connectivity index (χ2n) is 5.77. The molecule has 0 amide bonds. The van der Waals surface area contributed by atoms with E-state index in [1.807, 2.05) is 0 Å². The average molecular weight is 365 g/mol. The molecule has 1 aliphatic carbocycles. The highest BCUT2D eigenvalue weighted by molar-refractivity contribution is 6.54. The van der Waals surface area contributed by atoms with Crippen LogP contribution in [0.25, 0.3) is 0 Å². The largest absolute Gasteiger partial charge is 0.480 e. The van der Waals surface area contributed by atoms with E-state index in [1.165, 1.54) is 6.92 Å². The molecule has 124 valence electrons. The first-order chi connectivity index (χ1) is 11.3. The topological polar surface area (TPSA) is 63.6 Å². The van der Waals surface area contributed by atoms with Crippen LogP contribution in [0.2, 0.25) is 0 Å². The number of aliphatic carboxylic acids is 1. The van der Waals surface area contributed by atoms with Gasteiger partial charge in [-0.25, -0.2) is 0 Å². The fourth-order valence-electron chi connectivity index (χ4n) is 2.74. The highest BCUT2D eigenvalue weighted by atomic mass is 35.5. The lowest BCUT2D eigenvalue weighted by Crippen LogP contribution is -2.26. The van der Waals surface area contributed by atoms with Gasteiger partial charge in [-0.2, -0.15) is 0 Å². The number of carboxylic acid groups (broad SMARTS) is 1. The Morgan fingerprint density at radius 2 is 1.67 bits per heavy atom. The quantitative estimate of drug-likeness (QED) is 0.622. The van der Waals surface area contributed by atoms with Gasteiger partial charge in [0.05, 0.1) is 5.56 Å². The Morgan fingerprint density at radius 3 is 2.17 bits per heavy atom. The minimum absolute atomic E-state index is 0.0981. The van der Waals surface area contributed by atoms with Gasteiger partial charge in [0.2, 0.25) is 0 Å². The van der Waals surface area contributed by atoms with Gasteiger partial charge in [0.25, 0.3) is 0 Å². The second kappa shape index (κ2) is 5.80. The van der Waals surface area contributed by atoms with E-state index >= 15 is 0 Å². The van der Waals surface area contributed by atoms with Crippen molar-refractivity contribution in [2.75, 3.05) is 0 Å². The van der Waals surface area contributed by atoms with Gasteiger partial charge in [0.1, 0.15) is 21.2 Å². The summed E-state index contributed by atoms with van der Waals surface area (Å²) in [7, 11) is 0. The molecule has 2 aromatic rings. The van der Waals surface area contributed by atoms with Crippen LogP contribution in [0.4, 0.5) is 0 Å². The SMILES string of the molecule is CC(=O)c1ccccc1Oc1ccc(C2(C(=O)O)CC2(Cl)Cl)cc1. The Labute approximate surface area is 149 Å². The Hall–Kier alpha value is -2.04. The summed E-state index contributed by atoms with van der Waals surface area (Å²) < 4.78 is 4.43. The zero-order valence-corrected chi connectivity index (χ0v) is 14.3. The summed E-state index contributed by atoms with van der Waals surface area (Å²) in [6, 6.07) is 13.5. The molecule has 1 saturated carbocycles. The number of hydrogen-bond donors (Lipinski definition) is 1. The maximum Gasteiger partial charge on any atom is 0.317 e. The third-order valence-corrected chi connectivity index (χ3v) is 5.11. The number of Topliss-reactive ketones (excluding diaryl/α,β-unsaturated/α-hetero) is 1. The Bertz CT molecular complexity index is 814. The van der Waals surface area contributed by atoms with Gasteiger partial charge in [-0.05, 0) is 36.8 Å². The number of carbonyl (C=O) groups excluding carboxylic acids is 1. The van der Waals surface area contributed by atoms with Crippen LogP contribution in [-0.4, -0.2) is 21.2 Å². The molecule has 1 atom stereocenters. The zero-order chi connectivity index (χ0) is 17.5. The van der Waals surface area contributed by atoms with Crippen LogP contribution in [0.15, 0.2) is 48.5 Å². The van der Waals surface area contributed by atoms with Gasteiger partial charge < -0.3 is 9.84 Å². The van der Waals surface area contributed by atoms with Gasteiger partial charge >= 0.3 is 5.97 Å². The molecule has 0 radical (unpaired) electrons. The standard InChI is InChI=1S/C18H14Cl2O4/c1-11(21)14-4-2-3-5-15(14)24-13-8-6-12(7-9-13)17(16(22)23)10-18(17,19)20/h2-9H,10H2,1H3,(H,22,23). The van der Waals surface area contributed by atoms with Crippen molar-refractivity contribution in [2.24, 2.45) is 0 Å². The van der Waals surface area contributed by atoms with Crippen LogP contribution in [0.5, 0.6) is 11.5 Å². The smallest absolute Gasteiger partial charge is 0.317 e.